The highest BCUT2D eigenvalue weighted by Crippen LogP contribution is 2.14. The third-order valence-corrected chi connectivity index (χ3v) is 2.51. The van der Waals surface area contributed by atoms with E-state index in [1.54, 1.807) is 0 Å². The van der Waals surface area contributed by atoms with E-state index in [2.05, 4.69) is 10.1 Å². The number of ether oxygens (including phenoxy) is 1. The van der Waals surface area contributed by atoms with Crippen molar-refractivity contribution in [3.05, 3.63) is 41.5 Å². The van der Waals surface area contributed by atoms with E-state index in [1.165, 1.54) is 0 Å². The molecule has 1 N–H and O–H groups in total. The molecule has 1 aromatic carbocycles. The third-order valence-electron chi connectivity index (χ3n) is 2.51. The molecule has 0 aliphatic rings. The van der Waals surface area contributed by atoms with Crippen LogP contribution in [0.15, 0.2) is 28.8 Å². The molecule has 0 spiro atoms. The molecule has 2 rings (SSSR count). The van der Waals surface area contributed by atoms with Gasteiger partial charge in [-0.1, -0.05) is 24.2 Å². The Hall–Kier alpha value is -1.88. The number of hydrogen-bond acceptors (Lipinski definition) is 5. The van der Waals surface area contributed by atoms with E-state index in [-0.39, 0.29) is 13.2 Å². The van der Waals surface area contributed by atoms with Crippen molar-refractivity contribution < 1.29 is 14.4 Å². The van der Waals surface area contributed by atoms with Gasteiger partial charge in [0.2, 0.25) is 0 Å². The molecule has 18 heavy (non-hydrogen) atoms. The number of benzene rings is 1. The maximum Gasteiger partial charge on any atom is 0.264 e. The summed E-state index contributed by atoms with van der Waals surface area (Å²) >= 11 is 0. The van der Waals surface area contributed by atoms with Crippen molar-refractivity contribution in [2.75, 3.05) is 6.61 Å². The number of aliphatic hydroxyl groups excluding tert-OH is 1. The van der Waals surface area contributed by atoms with Gasteiger partial charge in [-0.05, 0) is 24.1 Å². The molecule has 96 valence electrons. The van der Waals surface area contributed by atoms with Crippen LogP contribution in [0, 0.1) is 0 Å². The Morgan fingerprint density at radius 1 is 1.28 bits per heavy atom. The van der Waals surface area contributed by atoms with Gasteiger partial charge in [0.15, 0.2) is 12.4 Å². The normalized spacial score (nSPS) is 10.6. The number of rotatable bonds is 6. The largest absolute Gasteiger partial charge is 0.484 e. The topological polar surface area (TPSA) is 68.4 Å². The minimum Gasteiger partial charge on any atom is -0.484 e. The van der Waals surface area contributed by atoms with Crippen molar-refractivity contribution in [3.8, 4) is 5.75 Å². The molecule has 0 unspecified atom stereocenters. The van der Waals surface area contributed by atoms with Crippen molar-refractivity contribution >= 4 is 0 Å². The van der Waals surface area contributed by atoms with Gasteiger partial charge in [-0.3, -0.25) is 0 Å². The highest BCUT2D eigenvalue weighted by molar-refractivity contribution is 5.27. The van der Waals surface area contributed by atoms with Gasteiger partial charge < -0.3 is 14.4 Å². The summed E-state index contributed by atoms with van der Waals surface area (Å²) in [6.07, 6.45) is 1.41. The van der Waals surface area contributed by atoms with E-state index >= 15 is 0 Å². The number of aryl methyl sites for hydroxylation is 1. The van der Waals surface area contributed by atoms with Gasteiger partial charge in [-0.25, -0.2) is 0 Å². The van der Waals surface area contributed by atoms with Gasteiger partial charge in [-0.2, -0.15) is 4.98 Å². The van der Waals surface area contributed by atoms with Crippen molar-refractivity contribution in [1.29, 1.82) is 0 Å². The lowest BCUT2D eigenvalue weighted by Crippen LogP contribution is -1.97. The minimum atomic E-state index is 0.155. The zero-order valence-corrected chi connectivity index (χ0v) is 10.3. The second-order valence-electron chi connectivity index (χ2n) is 3.86. The molecule has 0 aliphatic heterocycles. The Bertz CT molecular complexity index is 479. The number of aromatic nitrogens is 2. The molecule has 0 atom stereocenters. The fourth-order valence-electron chi connectivity index (χ4n) is 1.52. The van der Waals surface area contributed by atoms with Crippen molar-refractivity contribution in [2.24, 2.45) is 0 Å². The molecule has 5 heteroatoms. The molecule has 0 bridgehead atoms. The van der Waals surface area contributed by atoms with Gasteiger partial charge in [0.1, 0.15) is 5.75 Å². The molecule has 1 heterocycles. The highest BCUT2D eigenvalue weighted by atomic mass is 16.5. The Balaban J connectivity index is 1.89. The monoisotopic (exact) mass is 248 g/mol. The summed E-state index contributed by atoms with van der Waals surface area (Å²) in [6.45, 7) is 2.39. The van der Waals surface area contributed by atoms with Crippen LogP contribution in [0.2, 0.25) is 0 Å². The second-order valence-corrected chi connectivity index (χ2v) is 3.86. The van der Waals surface area contributed by atoms with Gasteiger partial charge in [0, 0.05) is 13.0 Å². The van der Waals surface area contributed by atoms with Gasteiger partial charge in [0.25, 0.3) is 5.89 Å². The van der Waals surface area contributed by atoms with Crippen LogP contribution in [0.25, 0.3) is 0 Å². The van der Waals surface area contributed by atoms with Crippen molar-refractivity contribution in [2.45, 2.75) is 26.4 Å². The summed E-state index contributed by atoms with van der Waals surface area (Å²) in [4.78, 5) is 4.15. The summed E-state index contributed by atoms with van der Waals surface area (Å²) in [5, 5.41) is 12.6. The number of nitrogens with zero attached hydrogens (tertiary/aromatic N) is 2. The summed E-state index contributed by atoms with van der Waals surface area (Å²) in [6, 6.07) is 7.58. The van der Waals surface area contributed by atoms with Crippen LogP contribution in [0.3, 0.4) is 0 Å². The molecule has 0 aliphatic carbocycles. The number of aliphatic hydroxyl groups is 1. The average molecular weight is 248 g/mol. The maximum absolute atomic E-state index is 8.81. The van der Waals surface area contributed by atoms with Gasteiger partial charge >= 0.3 is 0 Å². The van der Waals surface area contributed by atoms with E-state index in [0.717, 1.165) is 17.7 Å². The molecule has 0 saturated heterocycles. The lowest BCUT2D eigenvalue weighted by molar-refractivity contribution is 0.242. The van der Waals surface area contributed by atoms with Crippen LogP contribution in [-0.2, 0) is 19.4 Å². The zero-order valence-electron chi connectivity index (χ0n) is 10.3. The van der Waals surface area contributed by atoms with E-state index in [1.807, 2.05) is 31.2 Å². The summed E-state index contributed by atoms with van der Waals surface area (Å²) in [5.41, 5.74) is 1.08. The highest BCUT2D eigenvalue weighted by Gasteiger charge is 2.05. The Morgan fingerprint density at radius 3 is 2.67 bits per heavy atom. The van der Waals surface area contributed by atoms with E-state index in [4.69, 9.17) is 14.4 Å². The first-order valence-electron chi connectivity index (χ1n) is 5.96. The first-order chi connectivity index (χ1) is 8.81. The smallest absolute Gasteiger partial charge is 0.264 e. The molecule has 0 radical (unpaired) electrons. The zero-order chi connectivity index (χ0) is 12.8. The molecular weight excluding hydrogens is 232 g/mol. The quantitative estimate of drug-likeness (QED) is 0.843. The summed E-state index contributed by atoms with van der Waals surface area (Å²) < 4.78 is 10.5. The van der Waals surface area contributed by atoms with Crippen molar-refractivity contribution in [1.82, 2.24) is 10.1 Å². The minimum absolute atomic E-state index is 0.155. The second kappa shape index (κ2) is 6.16. The molecular formula is C13H16N2O3. The van der Waals surface area contributed by atoms with Crippen molar-refractivity contribution in [3.63, 3.8) is 0 Å². The Kier molecular flexibility index (Phi) is 4.30. The fraction of sp³-hybridized carbons (Fsp3) is 0.385. The molecule has 2 aromatic rings. The van der Waals surface area contributed by atoms with Crippen LogP contribution in [0.5, 0.6) is 5.75 Å². The fourth-order valence-corrected chi connectivity index (χ4v) is 1.52. The van der Waals surface area contributed by atoms with Crippen LogP contribution >= 0.6 is 0 Å². The predicted octanol–water partition coefficient (Wildman–Crippen LogP) is 1.75. The molecule has 0 amide bonds. The van der Waals surface area contributed by atoms with E-state index in [0.29, 0.717) is 18.1 Å². The van der Waals surface area contributed by atoms with Gasteiger partial charge in [0.05, 0.1) is 0 Å². The molecule has 0 saturated carbocycles. The van der Waals surface area contributed by atoms with Crippen LogP contribution in [0.4, 0.5) is 0 Å². The van der Waals surface area contributed by atoms with Crippen LogP contribution < -0.4 is 4.74 Å². The molecule has 1 aromatic heterocycles. The van der Waals surface area contributed by atoms with Crippen LogP contribution in [-0.4, -0.2) is 21.9 Å². The lowest BCUT2D eigenvalue weighted by atomic mass is 10.1. The molecule has 5 nitrogen and oxygen atoms in total. The Morgan fingerprint density at radius 2 is 2.06 bits per heavy atom. The maximum atomic E-state index is 8.81. The Labute approximate surface area is 105 Å². The summed E-state index contributed by atoms with van der Waals surface area (Å²) in [7, 11) is 0. The summed E-state index contributed by atoms with van der Waals surface area (Å²) in [5.74, 6) is 1.91. The number of hydrogen-bond donors (Lipinski definition) is 1. The van der Waals surface area contributed by atoms with Crippen LogP contribution in [0.1, 0.15) is 24.2 Å². The van der Waals surface area contributed by atoms with E-state index < -0.39 is 0 Å². The SMILES string of the molecule is CCc1noc(COc2ccc(CCO)cc2)n1. The predicted molar refractivity (Wildman–Crippen MR) is 65.2 cm³/mol. The molecule has 0 fully saturated rings. The third kappa shape index (κ3) is 3.30. The van der Waals surface area contributed by atoms with Gasteiger partial charge in [-0.15, -0.1) is 0 Å². The average Bonchev–Trinajstić information content (AvgIpc) is 2.86. The first-order valence-corrected chi connectivity index (χ1v) is 5.96. The first kappa shape index (κ1) is 12.6. The van der Waals surface area contributed by atoms with E-state index in [9.17, 15) is 0 Å². The lowest BCUT2D eigenvalue weighted by Gasteiger charge is -2.04. The standard InChI is InChI=1S/C13H16N2O3/c1-2-12-14-13(18-15-12)9-17-11-5-3-10(4-6-11)7-8-16/h3-6,16H,2,7-9H2,1H3.